The molecular weight excluding hydrogens is 260 g/mol. The van der Waals surface area contributed by atoms with Gasteiger partial charge in [-0.3, -0.25) is 10.1 Å². The molecule has 1 saturated heterocycles. The summed E-state index contributed by atoms with van der Waals surface area (Å²) in [5.74, 6) is 6.06. The van der Waals surface area contributed by atoms with Crippen molar-refractivity contribution >= 4 is 17.3 Å². The Bertz CT molecular complexity index is 481. The van der Waals surface area contributed by atoms with Crippen molar-refractivity contribution in [3.8, 4) is 0 Å². The quantitative estimate of drug-likeness (QED) is 0.422. The van der Waals surface area contributed by atoms with E-state index in [1.165, 1.54) is 12.1 Å². The first-order valence-electron chi connectivity index (χ1n) is 6.74. The van der Waals surface area contributed by atoms with E-state index < -0.39 is 4.92 Å². The Morgan fingerprint density at radius 3 is 2.95 bits per heavy atom. The molecule has 1 aliphatic rings. The second-order valence-electron chi connectivity index (χ2n) is 4.87. The zero-order valence-corrected chi connectivity index (χ0v) is 11.5. The van der Waals surface area contributed by atoms with Crippen LogP contribution in [-0.2, 0) is 0 Å². The van der Waals surface area contributed by atoms with Gasteiger partial charge in [0.15, 0.2) is 0 Å². The van der Waals surface area contributed by atoms with Crippen LogP contribution < -0.4 is 16.6 Å². The van der Waals surface area contributed by atoms with Gasteiger partial charge in [-0.15, -0.1) is 0 Å². The van der Waals surface area contributed by atoms with Gasteiger partial charge in [-0.1, -0.05) is 6.92 Å². The van der Waals surface area contributed by atoms with Crippen LogP contribution in [0.15, 0.2) is 12.1 Å². The van der Waals surface area contributed by atoms with Crippen molar-refractivity contribution in [1.29, 1.82) is 0 Å². The number of likely N-dealkylation sites (tertiary alicyclic amines) is 1. The fourth-order valence-electron chi connectivity index (χ4n) is 2.44. The van der Waals surface area contributed by atoms with Gasteiger partial charge in [-0.05, 0) is 25.9 Å². The number of anilines is 2. The maximum Gasteiger partial charge on any atom is 0.276 e. The monoisotopic (exact) mass is 280 g/mol. The highest BCUT2D eigenvalue weighted by Crippen LogP contribution is 2.22. The minimum Gasteiger partial charge on any atom is -0.366 e. The van der Waals surface area contributed by atoms with Gasteiger partial charge in [0.1, 0.15) is 11.6 Å². The highest BCUT2D eigenvalue weighted by Gasteiger charge is 2.20. The van der Waals surface area contributed by atoms with Gasteiger partial charge in [0.2, 0.25) is 0 Å². The average molecular weight is 280 g/mol. The van der Waals surface area contributed by atoms with Crippen LogP contribution in [0.5, 0.6) is 0 Å². The van der Waals surface area contributed by atoms with Crippen LogP contribution in [0.25, 0.3) is 0 Å². The largest absolute Gasteiger partial charge is 0.366 e. The lowest BCUT2D eigenvalue weighted by Crippen LogP contribution is -2.42. The molecule has 1 aromatic rings. The van der Waals surface area contributed by atoms with Crippen LogP contribution in [0.4, 0.5) is 17.3 Å². The number of likely N-dealkylation sites (N-methyl/N-ethyl adjacent to an activating group) is 1. The summed E-state index contributed by atoms with van der Waals surface area (Å²) in [6.45, 7) is 5.17. The van der Waals surface area contributed by atoms with Gasteiger partial charge in [-0.25, -0.2) is 10.8 Å². The third-order valence-electron chi connectivity index (χ3n) is 3.47. The lowest BCUT2D eigenvalue weighted by Gasteiger charge is -2.32. The summed E-state index contributed by atoms with van der Waals surface area (Å²) in [4.78, 5) is 17.0. The van der Waals surface area contributed by atoms with E-state index in [1.54, 1.807) is 0 Å². The SMILES string of the molecule is CCN1CCCC(Nc2cc([N+](=O)[O-])cc(NN)n2)C1. The van der Waals surface area contributed by atoms with Gasteiger partial charge in [0.25, 0.3) is 5.69 Å². The number of hydrazine groups is 1. The third-order valence-corrected chi connectivity index (χ3v) is 3.47. The van der Waals surface area contributed by atoms with Crippen LogP contribution in [0.1, 0.15) is 19.8 Å². The molecule has 1 unspecified atom stereocenters. The molecule has 1 aliphatic heterocycles. The number of pyridine rings is 1. The molecule has 2 heterocycles. The van der Waals surface area contributed by atoms with Crippen molar-refractivity contribution in [2.75, 3.05) is 30.4 Å². The first-order valence-corrected chi connectivity index (χ1v) is 6.74. The van der Waals surface area contributed by atoms with Crippen LogP contribution in [0.2, 0.25) is 0 Å². The van der Waals surface area contributed by atoms with Gasteiger partial charge in [0, 0.05) is 12.6 Å². The Balaban J connectivity index is 2.11. The topological polar surface area (TPSA) is 109 Å². The van der Waals surface area contributed by atoms with Crippen molar-refractivity contribution in [3.05, 3.63) is 22.2 Å². The predicted molar refractivity (Wildman–Crippen MR) is 77.5 cm³/mol. The zero-order valence-electron chi connectivity index (χ0n) is 11.5. The standard InChI is InChI=1S/C12H20N6O2/c1-2-17-5-3-4-9(8-17)14-11-6-10(18(19)20)7-12(15-11)16-13/h6-7,9H,2-5,8,13H2,1H3,(H2,14,15,16). The molecule has 110 valence electrons. The van der Waals surface area contributed by atoms with Crippen LogP contribution in [0, 0.1) is 10.1 Å². The summed E-state index contributed by atoms with van der Waals surface area (Å²) in [5, 5.41) is 14.1. The van der Waals surface area contributed by atoms with Crippen molar-refractivity contribution in [2.45, 2.75) is 25.8 Å². The molecular formula is C12H20N6O2. The van der Waals surface area contributed by atoms with E-state index in [1.807, 2.05) is 0 Å². The molecule has 20 heavy (non-hydrogen) atoms. The molecule has 1 aromatic heterocycles. The molecule has 0 spiro atoms. The maximum absolute atomic E-state index is 10.9. The number of piperidine rings is 1. The second-order valence-corrected chi connectivity index (χ2v) is 4.87. The number of hydrogen-bond acceptors (Lipinski definition) is 7. The number of nitrogens with two attached hydrogens (primary N) is 1. The Labute approximate surface area is 117 Å². The van der Waals surface area contributed by atoms with E-state index in [-0.39, 0.29) is 17.5 Å². The zero-order chi connectivity index (χ0) is 14.5. The van der Waals surface area contributed by atoms with E-state index in [9.17, 15) is 10.1 Å². The van der Waals surface area contributed by atoms with Crippen LogP contribution in [0.3, 0.4) is 0 Å². The normalized spacial score (nSPS) is 19.6. The van der Waals surface area contributed by atoms with E-state index in [0.717, 1.165) is 32.5 Å². The number of rotatable bonds is 5. The molecule has 0 radical (unpaired) electrons. The minimum atomic E-state index is -0.451. The first kappa shape index (κ1) is 14.5. The molecule has 2 rings (SSSR count). The molecule has 0 aliphatic carbocycles. The highest BCUT2D eigenvalue weighted by atomic mass is 16.6. The van der Waals surface area contributed by atoms with Crippen molar-refractivity contribution in [2.24, 2.45) is 5.84 Å². The second kappa shape index (κ2) is 6.49. The minimum absolute atomic E-state index is 0.0291. The Morgan fingerprint density at radius 2 is 2.30 bits per heavy atom. The van der Waals surface area contributed by atoms with Crippen molar-refractivity contribution < 1.29 is 4.92 Å². The van der Waals surface area contributed by atoms with Gasteiger partial charge < -0.3 is 15.6 Å². The summed E-state index contributed by atoms with van der Waals surface area (Å²) in [6, 6.07) is 3.00. The summed E-state index contributed by atoms with van der Waals surface area (Å²) < 4.78 is 0. The predicted octanol–water partition coefficient (Wildman–Crippen LogP) is 1.17. The molecule has 1 atom stereocenters. The number of aromatic nitrogens is 1. The Morgan fingerprint density at radius 1 is 1.55 bits per heavy atom. The smallest absolute Gasteiger partial charge is 0.276 e. The van der Waals surface area contributed by atoms with Gasteiger partial charge >= 0.3 is 0 Å². The van der Waals surface area contributed by atoms with E-state index in [0.29, 0.717) is 5.82 Å². The average Bonchev–Trinajstić information content (AvgIpc) is 2.47. The maximum atomic E-state index is 10.9. The molecule has 1 fully saturated rings. The first-order chi connectivity index (χ1) is 9.62. The fourth-order valence-corrected chi connectivity index (χ4v) is 2.44. The summed E-state index contributed by atoms with van der Waals surface area (Å²) in [5.41, 5.74) is 2.32. The van der Waals surface area contributed by atoms with Crippen LogP contribution >= 0.6 is 0 Å². The number of hydrogen-bond donors (Lipinski definition) is 3. The summed E-state index contributed by atoms with van der Waals surface area (Å²) >= 11 is 0. The molecule has 8 heteroatoms. The van der Waals surface area contributed by atoms with Crippen molar-refractivity contribution in [3.63, 3.8) is 0 Å². The summed E-state index contributed by atoms with van der Waals surface area (Å²) in [7, 11) is 0. The molecule has 8 nitrogen and oxygen atoms in total. The molecule has 0 bridgehead atoms. The van der Waals surface area contributed by atoms with E-state index >= 15 is 0 Å². The molecule has 0 saturated carbocycles. The van der Waals surface area contributed by atoms with Crippen LogP contribution in [-0.4, -0.2) is 40.5 Å². The van der Waals surface area contributed by atoms with Gasteiger partial charge in [0.05, 0.1) is 17.1 Å². The number of nitrogens with one attached hydrogen (secondary N) is 2. The van der Waals surface area contributed by atoms with Crippen molar-refractivity contribution in [1.82, 2.24) is 9.88 Å². The Kier molecular flexibility index (Phi) is 4.70. The van der Waals surface area contributed by atoms with Gasteiger partial charge in [-0.2, -0.15) is 0 Å². The number of nitro groups is 1. The highest BCUT2D eigenvalue weighted by molar-refractivity contribution is 5.54. The Hall–Kier alpha value is -1.93. The number of nitrogen functional groups attached to an aromatic ring is 1. The summed E-state index contributed by atoms with van der Waals surface area (Å²) in [6.07, 6.45) is 2.15. The molecule has 0 aromatic carbocycles. The third kappa shape index (κ3) is 3.55. The lowest BCUT2D eigenvalue weighted by molar-refractivity contribution is -0.384. The van der Waals surface area contributed by atoms with E-state index in [4.69, 9.17) is 5.84 Å². The molecule has 4 N–H and O–H groups in total. The fraction of sp³-hybridized carbons (Fsp3) is 0.583. The lowest BCUT2D eigenvalue weighted by atomic mass is 10.1. The van der Waals surface area contributed by atoms with E-state index in [2.05, 4.69) is 27.6 Å². The number of nitrogens with zero attached hydrogens (tertiary/aromatic N) is 3. The molecule has 0 amide bonds.